The van der Waals surface area contributed by atoms with Gasteiger partial charge in [0.15, 0.2) is 0 Å². The van der Waals surface area contributed by atoms with Crippen molar-refractivity contribution in [3.05, 3.63) is 53.7 Å². The summed E-state index contributed by atoms with van der Waals surface area (Å²) < 4.78 is 5.06. The van der Waals surface area contributed by atoms with Crippen LogP contribution in [0.15, 0.2) is 41.1 Å². The maximum Gasteiger partial charge on any atom is 0.354 e. The Kier molecular flexibility index (Phi) is 3.38. The summed E-state index contributed by atoms with van der Waals surface area (Å²) in [7, 11) is 0. The highest BCUT2D eigenvalue weighted by molar-refractivity contribution is 5.96. The molecule has 2 heterocycles. The predicted octanol–water partition coefficient (Wildman–Crippen LogP) is 1.30. The van der Waals surface area contributed by atoms with Gasteiger partial charge in [-0.15, -0.1) is 0 Å². The molecule has 0 saturated heterocycles. The Morgan fingerprint density at radius 1 is 1.39 bits per heavy atom. The molecule has 18 heavy (non-hydrogen) atoms. The molecule has 2 rings (SSSR count). The minimum absolute atomic E-state index is 0.166. The van der Waals surface area contributed by atoms with Gasteiger partial charge in [0.05, 0.1) is 12.8 Å². The van der Waals surface area contributed by atoms with Crippen molar-refractivity contribution >= 4 is 11.9 Å². The van der Waals surface area contributed by atoms with Crippen molar-refractivity contribution < 1.29 is 19.1 Å². The van der Waals surface area contributed by atoms with E-state index in [-0.39, 0.29) is 23.7 Å². The van der Waals surface area contributed by atoms with E-state index >= 15 is 0 Å². The third kappa shape index (κ3) is 2.73. The number of rotatable bonds is 4. The molecule has 0 aromatic carbocycles. The van der Waals surface area contributed by atoms with Crippen LogP contribution < -0.4 is 5.32 Å². The molecule has 2 aromatic heterocycles. The van der Waals surface area contributed by atoms with Crippen LogP contribution >= 0.6 is 0 Å². The van der Waals surface area contributed by atoms with Crippen molar-refractivity contribution in [2.24, 2.45) is 0 Å². The lowest BCUT2D eigenvalue weighted by Crippen LogP contribution is -2.23. The monoisotopic (exact) mass is 246 g/mol. The van der Waals surface area contributed by atoms with E-state index in [1.54, 1.807) is 12.1 Å². The average molecular weight is 246 g/mol. The van der Waals surface area contributed by atoms with Gasteiger partial charge in [-0.25, -0.2) is 9.78 Å². The van der Waals surface area contributed by atoms with Crippen molar-refractivity contribution in [3.8, 4) is 0 Å². The van der Waals surface area contributed by atoms with E-state index in [2.05, 4.69) is 10.3 Å². The summed E-state index contributed by atoms with van der Waals surface area (Å²) in [6.07, 6.45) is 2.79. The molecule has 0 spiro atoms. The van der Waals surface area contributed by atoms with Gasteiger partial charge in [-0.2, -0.15) is 0 Å². The second-order valence-electron chi connectivity index (χ2n) is 3.50. The Morgan fingerprint density at radius 2 is 2.22 bits per heavy atom. The van der Waals surface area contributed by atoms with Gasteiger partial charge in [-0.05, 0) is 24.3 Å². The normalized spacial score (nSPS) is 10.0. The number of aromatic carboxylic acids is 1. The maximum absolute atomic E-state index is 11.7. The fraction of sp³-hybridized carbons (Fsp3) is 0.0833. The first kappa shape index (κ1) is 11.8. The third-order valence-corrected chi connectivity index (χ3v) is 2.24. The highest BCUT2D eigenvalue weighted by atomic mass is 16.4. The van der Waals surface area contributed by atoms with Crippen LogP contribution in [0.5, 0.6) is 0 Å². The van der Waals surface area contributed by atoms with Crippen LogP contribution in [-0.4, -0.2) is 22.0 Å². The fourth-order valence-electron chi connectivity index (χ4n) is 1.37. The van der Waals surface area contributed by atoms with Crippen LogP contribution in [0.1, 0.15) is 26.6 Å². The zero-order chi connectivity index (χ0) is 13.0. The molecule has 92 valence electrons. The quantitative estimate of drug-likeness (QED) is 0.848. The molecule has 0 radical (unpaired) electrons. The van der Waals surface area contributed by atoms with Crippen molar-refractivity contribution in [2.45, 2.75) is 6.54 Å². The molecular weight excluding hydrogens is 236 g/mol. The number of carboxylic acid groups (broad SMARTS) is 1. The smallest absolute Gasteiger partial charge is 0.354 e. The summed E-state index contributed by atoms with van der Waals surface area (Å²) in [5.74, 6) is -0.928. The van der Waals surface area contributed by atoms with E-state index in [0.29, 0.717) is 5.76 Å². The maximum atomic E-state index is 11.7. The summed E-state index contributed by atoms with van der Waals surface area (Å²) in [5, 5.41) is 11.4. The molecule has 6 nitrogen and oxygen atoms in total. The molecule has 0 saturated carbocycles. The van der Waals surface area contributed by atoms with Crippen molar-refractivity contribution in [1.29, 1.82) is 0 Å². The van der Waals surface area contributed by atoms with Gasteiger partial charge in [-0.3, -0.25) is 4.79 Å². The van der Waals surface area contributed by atoms with Gasteiger partial charge in [0.25, 0.3) is 5.91 Å². The number of hydrogen-bond donors (Lipinski definition) is 2. The summed E-state index contributed by atoms with van der Waals surface area (Å²) in [6.45, 7) is 0.247. The van der Waals surface area contributed by atoms with Crippen molar-refractivity contribution in [2.75, 3.05) is 0 Å². The number of pyridine rings is 1. The number of furan rings is 1. The second-order valence-corrected chi connectivity index (χ2v) is 3.50. The Hall–Kier alpha value is -2.63. The molecule has 1 amide bonds. The van der Waals surface area contributed by atoms with Crippen molar-refractivity contribution in [3.63, 3.8) is 0 Å². The molecule has 2 aromatic rings. The van der Waals surface area contributed by atoms with Crippen LogP contribution in [0.3, 0.4) is 0 Å². The van der Waals surface area contributed by atoms with Crippen LogP contribution in [0, 0.1) is 0 Å². The highest BCUT2D eigenvalue weighted by Crippen LogP contribution is 2.04. The number of amides is 1. The number of carbonyl (C=O) groups excluding carboxylic acids is 1. The Labute approximate surface area is 102 Å². The van der Waals surface area contributed by atoms with Crippen LogP contribution in [0.25, 0.3) is 0 Å². The number of nitrogens with one attached hydrogen (secondary N) is 1. The first-order valence-corrected chi connectivity index (χ1v) is 5.17. The molecule has 2 N–H and O–H groups in total. The third-order valence-electron chi connectivity index (χ3n) is 2.24. The summed E-state index contributed by atoms with van der Waals surface area (Å²) in [6, 6.07) is 6.12. The molecular formula is C12H10N2O4. The number of carbonyl (C=O) groups is 2. The standard InChI is InChI=1S/C12H10N2O4/c15-11(14-7-9-2-1-5-18-9)8-3-4-13-10(6-8)12(16)17/h1-6H,7H2,(H,14,15)(H,16,17). The van der Waals surface area contributed by atoms with Crippen LogP contribution in [0.4, 0.5) is 0 Å². The number of hydrogen-bond acceptors (Lipinski definition) is 4. The Morgan fingerprint density at radius 3 is 2.89 bits per heavy atom. The molecule has 0 atom stereocenters. The van der Waals surface area contributed by atoms with Gasteiger partial charge >= 0.3 is 5.97 Å². The molecule has 0 fully saturated rings. The topological polar surface area (TPSA) is 92.4 Å². The van der Waals surface area contributed by atoms with E-state index in [1.807, 2.05) is 0 Å². The SMILES string of the molecule is O=C(NCc1ccco1)c1ccnc(C(=O)O)c1. The van der Waals surface area contributed by atoms with Crippen LogP contribution in [0.2, 0.25) is 0 Å². The lowest BCUT2D eigenvalue weighted by molar-refractivity contribution is 0.0690. The lowest BCUT2D eigenvalue weighted by atomic mass is 10.2. The molecule has 0 unspecified atom stereocenters. The van der Waals surface area contributed by atoms with E-state index in [4.69, 9.17) is 9.52 Å². The molecule has 0 aliphatic carbocycles. The first-order chi connectivity index (χ1) is 8.66. The van der Waals surface area contributed by atoms with Crippen molar-refractivity contribution in [1.82, 2.24) is 10.3 Å². The number of carboxylic acids is 1. The van der Waals surface area contributed by atoms with Gasteiger partial charge in [0.1, 0.15) is 11.5 Å². The van der Waals surface area contributed by atoms with E-state index in [9.17, 15) is 9.59 Å². The minimum Gasteiger partial charge on any atom is -0.477 e. The summed E-state index contributed by atoms with van der Waals surface area (Å²) in [4.78, 5) is 26.1. The summed E-state index contributed by atoms with van der Waals surface area (Å²) >= 11 is 0. The molecule has 6 heteroatoms. The van der Waals surface area contributed by atoms with Crippen LogP contribution in [-0.2, 0) is 6.54 Å². The molecule has 0 aliphatic heterocycles. The zero-order valence-electron chi connectivity index (χ0n) is 9.29. The number of aromatic nitrogens is 1. The largest absolute Gasteiger partial charge is 0.477 e. The first-order valence-electron chi connectivity index (χ1n) is 5.17. The van der Waals surface area contributed by atoms with Gasteiger partial charge in [0, 0.05) is 11.8 Å². The Bertz CT molecular complexity index is 563. The fourth-order valence-corrected chi connectivity index (χ4v) is 1.37. The van der Waals surface area contributed by atoms with E-state index in [1.165, 1.54) is 24.6 Å². The number of nitrogens with zero attached hydrogens (tertiary/aromatic N) is 1. The van der Waals surface area contributed by atoms with E-state index < -0.39 is 5.97 Å². The average Bonchev–Trinajstić information content (AvgIpc) is 2.89. The predicted molar refractivity (Wildman–Crippen MR) is 61.1 cm³/mol. The molecule has 0 aliphatic rings. The summed E-state index contributed by atoms with van der Waals surface area (Å²) in [5.41, 5.74) is 0.0783. The Balaban J connectivity index is 2.04. The van der Waals surface area contributed by atoms with E-state index in [0.717, 1.165) is 0 Å². The van der Waals surface area contributed by atoms with Gasteiger partial charge in [-0.1, -0.05) is 0 Å². The zero-order valence-corrected chi connectivity index (χ0v) is 9.29. The lowest BCUT2D eigenvalue weighted by Gasteiger charge is -2.03. The second kappa shape index (κ2) is 5.13. The highest BCUT2D eigenvalue weighted by Gasteiger charge is 2.10. The van der Waals surface area contributed by atoms with Gasteiger partial charge in [0.2, 0.25) is 0 Å². The van der Waals surface area contributed by atoms with Gasteiger partial charge < -0.3 is 14.8 Å². The minimum atomic E-state index is -1.17. The molecule has 0 bridgehead atoms.